The van der Waals surface area contributed by atoms with Crippen LogP contribution in [0, 0.1) is 0 Å². The number of hydrogen-bond donors (Lipinski definition) is 2. The Morgan fingerprint density at radius 2 is 2.11 bits per heavy atom. The van der Waals surface area contributed by atoms with Gasteiger partial charge < -0.3 is 5.11 Å². The first-order valence-electron chi connectivity index (χ1n) is 4.36. The first kappa shape index (κ1) is 14.9. The second-order valence-corrected chi connectivity index (χ2v) is 5.87. The van der Waals surface area contributed by atoms with Gasteiger partial charge in [0.1, 0.15) is 0 Å². The molecular weight excluding hydrogens is 297 g/mol. The van der Waals surface area contributed by atoms with E-state index in [-0.39, 0.29) is 0 Å². The summed E-state index contributed by atoms with van der Waals surface area (Å²) in [6.45, 7) is -0.858. The minimum Gasteiger partial charge on any atom is -0.476 e. The van der Waals surface area contributed by atoms with Gasteiger partial charge in [-0.2, -0.15) is 13.2 Å². The zero-order valence-corrected chi connectivity index (χ0v) is 10.2. The highest BCUT2D eigenvalue weighted by Gasteiger charge is 2.29. The van der Waals surface area contributed by atoms with Crippen molar-refractivity contribution in [1.82, 2.24) is 9.71 Å². The normalized spacial score (nSPS) is 12.6. The molecule has 0 bridgehead atoms. The Hall–Kier alpha value is -1.20. The second kappa shape index (κ2) is 5.20. The number of nitrogens with one attached hydrogen (secondary N) is 1. The van der Waals surface area contributed by atoms with Gasteiger partial charge in [0.15, 0.2) is 9.90 Å². The molecule has 0 atom stereocenters. The van der Waals surface area contributed by atoms with Crippen molar-refractivity contribution in [3.8, 4) is 0 Å². The van der Waals surface area contributed by atoms with Gasteiger partial charge >= 0.3 is 12.1 Å². The van der Waals surface area contributed by atoms with E-state index in [4.69, 9.17) is 5.11 Å². The number of aromatic nitrogens is 1. The van der Waals surface area contributed by atoms with Crippen LogP contribution in [0.15, 0.2) is 9.72 Å². The number of halogens is 3. The Balaban J connectivity index is 2.81. The molecule has 18 heavy (non-hydrogen) atoms. The van der Waals surface area contributed by atoms with E-state index in [9.17, 15) is 26.4 Å². The molecule has 6 nitrogen and oxygen atoms in total. The van der Waals surface area contributed by atoms with Crippen LogP contribution in [0.5, 0.6) is 0 Å². The number of aromatic carboxylic acids is 1. The Morgan fingerprint density at radius 1 is 1.50 bits per heavy atom. The van der Waals surface area contributed by atoms with Crippen LogP contribution in [0.2, 0.25) is 0 Å². The lowest BCUT2D eigenvalue weighted by molar-refractivity contribution is -0.132. The van der Waals surface area contributed by atoms with E-state index in [0.717, 1.165) is 5.51 Å². The van der Waals surface area contributed by atoms with E-state index in [1.165, 1.54) is 0 Å². The maximum absolute atomic E-state index is 11.8. The lowest BCUT2D eigenvalue weighted by atomic mass is 10.4. The number of carboxylic acids is 1. The molecule has 0 aliphatic carbocycles. The van der Waals surface area contributed by atoms with E-state index in [2.05, 4.69) is 4.98 Å². The molecule has 1 aromatic heterocycles. The molecule has 1 heterocycles. The first-order valence-corrected chi connectivity index (χ1v) is 6.73. The highest BCUT2D eigenvalue weighted by atomic mass is 32.2. The number of thiazole rings is 1. The minimum absolute atomic E-state index is 0.519. The zero-order valence-electron chi connectivity index (χ0n) is 8.56. The van der Waals surface area contributed by atoms with Crippen molar-refractivity contribution in [2.45, 2.75) is 16.8 Å². The summed E-state index contributed by atoms with van der Waals surface area (Å²) in [5.41, 5.74) is 0.279. The lowest BCUT2D eigenvalue weighted by Crippen LogP contribution is -2.28. The topological polar surface area (TPSA) is 96.4 Å². The molecule has 0 radical (unpaired) electrons. The van der Waals surface area contributed by atoms with Crippen molar-refractivity contribution < 1.29 is 31.5 Å². The van der Waals surface area contributed by atoms with Gasteiger partial charge in [-0.1, -0.05) is 0 Å². The van der Waals surface area contributed by atoms with Crippen LogP contribution in [-0.2, 0) is 10.0 Å². The molecule has 2 N–H and O–H groups in total. The SMILES string of the molecule is O=C(O)c1ncsc1S(=O)(=O)NCCC(F)(F)F. The minimum atomic E-state index is -4.49. The Morgan fingerprint density at radius 3 is 2.61 bits per heavy atom. The predicted molar refractivity (Wildman–Crippen MR) is 54.9 cm³/mol. The fraction of sp³-hybridized carbons (Fsp3) is 0.429. The molecular formula is C7H7F3N2O4S2. The van der Waals surface area contributed by atoms with Crippen molar-refractivity contribution in [1.29, 1.82) is 0 Å². The third-order valence-electron chi connectivity index (χ3n) is 1.68. The third kappa shape index (κ3) is 3.92. The summed E-state index contributed by atoms with van der Waals surface area (Å²) in [5.74, 6) is -1.56. The highest BCUT2D eigenvalue weighted by Crippen LogP contribution is 2.21. The predicted octanol–water partition coefficient (Wildman–Crippen LogP) is 1.07. The molecule has 11 heteroatoms. The molecule has 0 unspecified atom stereocenters. The van der Waals surface area contributed by atoms with E-state index in [1.54, 1.807) is 4.72 Å². The molecule has 1 aromatic rings. The first-order chi connectivity index (χ1) is 8.13. The van der Waals surface area contributed by atoms with Gasteiger partial charge in [0, 0.05) is 6.54 Å². The van der Waals surface area contributed by atoms with Crippen LogP contribution in [-0.4, -0.2) is 37.2 Å². The molecule has 1 rings (SSSR count). The lowest BCUT2D eigenvalue weighted by Gasteiger charge is -2.07. The number of alkyl halides is 3. The smallest absolute Gasteiger partial charge is 0.390 e. The van der Waals surface area contributed by atoms with Crippen LogP contribution in [0.4, 0.5) is 13.2 Å². The Labute approximate surface area is 104 Å². The Bertz CT molecular complexity index is 537. The van der Waals surface area contributed by atoms with Crippen molar-refractivity contribution in [3.63, 3.8) is 0 Å². The monoisotopic (exact) mass is 304 g/mol. The van der Waals surface area contributed by atoms with Crippen LogP contribution in [0.3, 0.4) is 0 Å². The van der Waals surface area contributed by atoms with Crippen molar-refractivity contribution >= 4 is 27.3 Å². The largest absolute Gasteiger partial charge is 0.476 e. The van der Waals surface area contributed by atoms with Gasteiger partial charge in [-0.05, 0) is 0 Å². The summed E-state index contributed by atoms with van der Waals surface area (Å²) >= 11 is 0.519. The Kier molecular flexibility index (Phi) is 4.29. The van der Waals surface area contributed by atoms with Gasteiger partial charge in [0.05, 0.1) is 11.9 Å². The van der Waals surface area contributed by atoms with Crippen molar-refractivity contribution in [3.05, 3.63) is 11.2 Å². The second-order valence-electron chi connectivity index (χ2n) is 3.06. The number of nitrogens with zero attached hydrogens (tertiary/aromatic N) is 1. The molecule has 0 amide bonds. The third-order valence-corrected chi connectivity index (χ3v) is 4.51. The summed E-state index contributed by atoms with van der Waals surface area (Å²) < 4.78 is 59.7. The zero-order chi connectivity index (χ0) is 14.0. The van der Waals surface area contributed by atoms with Crippen LogP contribution in [0.25, 0.3) is 0 Å². The summed E-state index contributed by atoms with van der Waals surface area (Å²) in [7, 11) is -4.29. The average Bonchev–Trinajstić information content (AvgIpc) is 2.63. The molecule has 0 aliphatic heterocycles. The average molecular weight is 304 g/mol. The molecule has 0 saturated heterocycles. The number of rotatable bonds is 5. The molecule has 102 valence electrons. The van der Waals surface area contributed by atoms with Gasteiger partial charge in [-0.3, -0.25) is 0 Å². The van der Waals surface area contributed by atoms with E-state index in [0.29, 0.717) is 11.3 Å². The van der Waals surface area contributed by atoms with Gasteiger partial charge in [0.25, 0.3) is 10.0 Å². The number of sulfonamides is 1. The van der Waals surface area contributed by atoms with Gasteiger partial charge in [0.2, 0.25) is 0 Å². The van der Waals surface area contributed by atoms with Crippen molar-refractivity contribution in [2.75, 3.05) is 6.54 Å². The van der Waals surface area contributed by atoms with Gasteiger partial charge in [-0.15, -0.1) is 11.3 Å². The van der Waals surface area contributed by atoms with Crippen LogP contribution < -0.4 is 4.72 Å². The van der Waals surface area contributed by atoms with Crippen LogP contribution >= 0.6 is 11.3 Å². The summed E-state index contributed by atoms with van der Waals surface area (Å²) in [5, 5.41) is 8.64. The molecule has 0 spiro atoms. The number of carboxylic acid groups (broad SMARTS) is 1. The van der Waals surface area contributed by atoms with Crippen molar-refractivity contribution in [2.24, 2.45) is 0 Å². The van der Waals surface area contributed by atoms with E-state index in [1.807, 2.05) is 0 Å². The van der Waals surface area contributed by atoms with Gasteiger partial charge in [-0.25, -0.2) is 22.9 Å². The molecule has 0 aromatic carbocycles. The van der Waals surface area contributed by atoms with Crippen LogP contribution in [0.1, 0.15) is 16.9 Å². The molecule has 0 aliphatic rings. The molecule has 0 saturated carbocycles. The highest BCUT2D eigenvalue weighted by molar-refractivity contribution is 7.91. The fourth-order valence-corrected chi connectivity index (χ4v) is 3.18. The summed E-state index contributed by atoms with van der Waals surface area (Å²) in [6, 6.07) is 0. The maximum atomic E-state index is 11.8. The fourth-order valence-electron chi connectivity index (χ4n) is 0.961. The van der Waals surface area contributed by atoms with E-state index < -0.39 is 45.0 Å². The summed E-state index contributed by atoms with van der Waals surface area (Å²) in [4.78, 5) is 14.0. The standard InChI is InChI=1S/C7H7F3N2O4S2/c8-7(9,10)1-2-12-18(15,16)6-4(5(13)14)11-3-17-6/h3,12H,1-2H2,(H,13,14). The number of hydrogen-bond acceptors (Lipinski definition) is 5. The summed E-state index contributed by atoms with van der Waals surface area (Å²) in [6.07, 6.45) is -5.83. The maximum Gasteiger partial charge on any atom is 0.390 e. The number of carbonyl (C=O) groups is 1. The molecule has 0 fully saturated rings. The quantitative estimate of drug-likeness (QED) is 0.848. The van der Waals surface area contributed by atoms with E-state index >= 15 is 0 Å².